The summed E-state index contributed by atoms with van der Waals surface area (Å²) in [6.45, 7) is 0. The average Bonchev–Trinajstić information content (AvgIpc) is 2.93. The number of carbonyl (C=O) groups is 1. The molecule has 0 fully saturated rings. The van der Waals surface area contributed by atoms with Crippen LogP contribution in [0, 0.1) is 0 Å². The predicted octanol–water partition coefficient (Wildman–Crippen LogP) is 5.67. The molecule has 0 atom stereocenters. The number of fused-ring (bicyclic) bond motifs is 1. The lowest BCUT2D eigenvalue weighted by atomic mass is 10.2. The van der Waals surface area contributed by atoms with E-state index in [0.717, 1.165) is 27.8 Å². The van der Waals surface area contributed by atoms with Gasteiger partial charge in [0.2, 0.25) is 5.91 Å². The minimum Gasteiger partial charge on any atom is -0.325 e. The molecule has 1 aromatic heterocycles. The summed E-state index contributed by atoms with van der Waals surface area (Å²) in [5.74, 6) is -0.0321. The number of carbonyl (C=O) groups excluding carboxylic acids is 1. The van der Waals surface area contributed by atoms with E-state index in [4.69, 9.17) is 11.6 Å². The predicted molar refractivity (Wildman–Crippen MR) is 100 cm³/mol. The highest BCUT2D eigenvalue weighted by Gasteiger charge is 2.08. The molecule has 3 aromatic rings. The monoisotopic (exact) mass is 408 g/mol. The third kappa shape index (κ3) is 4.31. The minimum absolute atomic E-state index is 0.0321. The molecule has 0 radical (unpaired) electrons. The molecule has 3 nitrogen and oxygen atoms in total. The quantitative estimate of drug-likeness (QED) is 0.589. The second kappa shape index (κ2) is 7.43. The molecule has 23 heavy (non-hydrogen) atoms. The average molecular weight is 410 g/mol. The Morgan fingerprint density at radius 1 is 1.26 bits per heavy atom. The van der Waals surface area contributed by atoms with Crippen molar-refractivity contribution in [2.75, 3.05) is 5.32 Å². The zero-order chi connectivity index (χ0) is 16.2. The summed E-state index contributed by atoms with van der Waals surface area (Å²) in [7, 11) is 0. The fourth-order valence-electron chi connectivity index (χ4n) is 2.23. The van der Waals surface area contributed by atoms with Crippen LogP contribution in [0.4, 0.5) is 5.69 Å². The molecular formula is C17H14BrClN2OS. The molecule has 0 aliphatic rings. The second-order valence-corrected chi connectivity index (χ2v) is 7.54. The number of para-hydroxylation sites is 1. The molecule has 1 N–H and O–H groups in total. The zero-order valence-electron chi connectivity index (χ0n) is 12.2. The van der Waals surface area contributed by atoms with Gasteiger partial charge in [-0.15, -0.1) is 11.3 Å². The number of rotatable bonds is 5. The summed E-state index contributed by atoms with van der Waals surface area (Å²) >= 11 is 11.1. The van der Waals surface area contributed by atoms with Gasteiger partial charge in [0, 0.05) is 10.9 Å². The molecule has 1 heterocycles. The first-order valence-corrected chi connectivity index (χ1v) is 9.20. The third-order valence-electron chi connectivity index (χ3n) is 3.34. The number of nitrogens with one attached hydrogen (secondary N) is 1. The number of nitrogens with zero attached hydrogens (tertiary/aromatic N) is 1. The van der Waals surface area contributed by atoms with E-state index in [2.05, 4.69) is 32.3 Å². The summed E-state index contributed by atoms with van der Waals surface area (Å²) in [6.07, 6.45) is 2.02. The van der Waals surface area contributed by atoms with Crippen molar-refractivity contribution < 1.29 is 4.79 Å². The van der Waals surface area contributed by atoms with Gasteiger partial charge in [0.1, 0.15) is 0 Å². The van der Waals surface area contributed by atoms with Crippen molar-refractivity contribution in [3.8, 4) is 0 Å². The van der Waals surface area contributed by atoms with E-state index in [1.54, 1.807) is 23.5 Å². The molecule has 0 bridgehead atoms. The standard InChI is InChI=1S/C17H14BrClN2OS/c18-11-8-9-13(12(19)10-11)20-16(22)6-3-7-17-21-14-4-1-2-5-15(14)23-17/h1-2,4-5,8-10H,3,6-7H2,(H,20,22). The fourth-order valence-corrected chi connectivity index (χ4v) is 3.96. The minimum atomic E-state index is -0.0321. The Hall–Kier alpha value is -1.43. The number of benzene rings is 2. The highest BCUT2D eigenvalue weighted by Crippen LogP contribution is 2.26. The van der Waals surface area contributed by atoms with Crippen molar-refractivity contribution in [2.45, 2.75) is 19.3 Å². The Labute approximate surface area is 151 Å². The van der Waals surface area contributed by atoms with Crippen molar-refractivity contribution in [3.05, 3.63) is 57.0 Å². The first kappa shape index (κ1) is 16.4. The first-order valence-electron chi connectivity index (χ1n) is 7.21. The fraction of sp³-hybridized carbons (Fsp3) is 0.176. The van der Waals surface area contributed by atoms with Gasteiger partial charge in [0.25, 0.3) is 0 Å². The molecule has 2 aromatic carbocycles. The molecule has 0 saturated carbocycles. The maximum absolute atomic E-state index is 12.0. The maximum Gasteiger partial charge on any atom is 0.224 e. The Morgan fingerprint density at radius 3 is 2.87 bits per heavy atom. The summed E-state index contributed by atoms with van der Waals surface area (Å²) < 4.78 is 2.07. The molecule has 0 unspecified atom stereocenters. The lowest BCUT2D eigenvalue weighted by molar-refractivity contribution is -0.116. The van der Waals surface area contributed by atoms with Crippen molar-refractivity contribution in [1.82, 2.24) is 4.98 Å². The van der Waals surface area contributed by atoms with Crippen LogP contribution in [0.1, 0.15) is 17.8 Å². The van der Waals surface area contributed by atoms with Crippen molar-refractivity contribution >= 4 is 60.7 Å². The van der Waals surface area contributed by atoms with Crippen molar-refractivity contribution in [1.29, 1.82) is 0 Å². The maximum atomic E-state index is 12.0. The SMILES string of the molecule is O=C(CCCc1nc2ccccc2s1)Nc1ccc(Br)cc1Cl. The number of hydrogen-bond acceptors (Lipinski definition) is 3. The first-order chi connectivity index (χ1) is 11.1. The highest BCUT2D eigenvalue weighted by molar-refractivity contribution is 9.10. The van der Waals surface area contributed by atoms with E-state index >= 15 is 0 Å². The topological polar surface area (TPSA) is 42.0 Å². The summed E-state index contributed by atoms with van der Waals surface area (Å²) in [4.78, 5) is 16.6. The van der Waals surface area contributed by atoms with E-state index in [0.29, 0.717) is 17.1 Å². The Morgan fingerprint density at radius 2 is 2.09 bits per heavy atom. The number of aryl methyl sites for hydroxylation is 1. The van der Waals surface area contributed by atoms with Crippen LogP contribution in [0.25, 0.3) is 10.2 Å². The van der Waals surface area contributed by atoms with Gasteiger partial charge in [-0.05, 0) is 43.2 Å². The molecule has 0 saturated heterocycles. The molecule has 0 aliphatic carbocycles. The lowest BCUT2D eigenvalue weighted by Crippen LogP contribution is -2.11. The Kier molecular flexibility index (Phi) is 5.30. The van der Waals surface area contributed by atoms with Crippen LogP contribution in [0.3, 0.4) is 0 Å². The third-order valence-corrected chi connectivity index (χ3v) is 5.24. The van der Waals surface area contributed by atoms with Gasteiger partial charge in [-0.3, -0.25) is 4.79 Å². The van der Waals surface area contributed by atoms with E-state index < -0.39 is 0 Å². The van der Waals surface area contributed by atoms with Crippen LogP contribution in [0.2, 0.25) is 5.02 Å². The zero-order valence-corrected chi connectivity index (χ0v) is 15.3. The summed E-state index contributed by atoms with van der Waals surface area (Å²) in [5, 5.41) is 4.44. The second-order valence-electron chi connectivity index (χ2n) is 5.10. The number of halogens is 2. The van der Waals surface area contributed by atoms with E-state index in [1.165, 1.54) is 4.70 Å². The van der Waals surface area contributed by atoms with Gasteiger partial charge in [0.15, 0.2) is 0 Å². The molecule has 0 aliphatic heterocycles. The molecule has 1 amide bonds. The molecule has 3 rings (SSSR count). The summed E-state index contributed by atoms with van der Waals surface area (Å²) in [5.41, 5.74) is 1.67. The molecular weight excluding hydrogens is 396 g/mol. The molecule has 0 spiro atoms. The van der Waals surface area contributed by atoms with Crippen LogP contribution in [-0.4, -0.2) is 10.9 Å². The van der Waals surface area contributed by atoms with Gasteiger partial charge >= 0.3 is 0 Å². The number of anilines is 1. The van der Waals surface area contributed by atoms with Crippen molar-refractivity contribution in [2.24, 2.45) is 0 Å². The normalized spacial score (nSPS) is 10.9. The van der Waals surface area contributed by atoms with E-state index in [9.17, 15) is 4.79 Å². The van der Waals surface area contributed by atoms with Gasteiger partial charge in [-0.1, -0.05) is 39.7 Å². The number of amides is 1. The van der Waals surface area contributed by atoms with Gasteiger partial charge in [-0.25, -0.2) is 4.98 Å². The largest absolute Gasteiger partial charge is 0.325 e. The van der Waals surface area contributed by atoms with Crippen molar-refractivity contribution in [3.63, 3.8) is 0 Å². The Balaban J connectivity index is 1.52. The number of thiazole rings is 1. The van der Waals surface area contributed by atoms with Gasteiger partial charge < -0.3 is 5.32 Å². The molecule has 118 valence electrons. The number of hydrogen-bond donors (Lipinski definition) is 1. The van der Waals surface area contributed by atoms with Gasteiger partial charge in [0.05, 0.1) is 25.9 Å². The van der Waals surface area contributed by atoms with E-state index in [-0.39, 0.29) is 5.91 Å². The van der Waals surface area contributed by atoms with Crippen LogP contribution >= 0.6 is 38.9 Å². The summed E-state index contributed by atoms with van der Waals surface area (Å²) in [6, 6.07) is 13.5. The van der Waals surface area contributed by atoms with Crippen LogP contribution in [0.5, 0.6) is 0 Å². The lowest BCUT2D eigenvalue weighted by Gasteiger charge is -2.07. The Bertz CT molecular complexity index is 816. The smallest absolute Gasteiger partial charge is 0.224 e. The highest BCUT2D eigenvalue weighted by atomic mass is 79.9. The van der Waals surface area contributed by atoms with E-state index in [1.807, 2.05) is 24.3 Å². The van der Waals surface area contributed by atoms with Crippen LogP contribution < -0.4 is 5.32 Å². The molecule has 6 heteroatoms. The number of aromatic nitrogens is 1. The van der Waals surface area contributed by atoms with Crippen LogP contribution in [-0.2, 0) is 11.2 Å². The van der Waals surface area contributed by atoms with Gasteiger partial charge in [-0.2, -0.15) is 0 Å². The van der Waals surface area contributed by atoms with Crippen LogP contribution in [0.15, 0.2) is 46.9 Å².